The standard InChI is InChI=1S/C14H14N2O3/c1-2-6-12-13(17)16(14(18)15-12)10-19-9-11-7-4-3-5-8-11/h1,3-5,7-8,12H,6,9-10H2,(H,15,18). The van der Waals surface area contributed by atoms with Crippen LogP contribution in [-0.2, 0) is 16.1 Å². The van der Waals surface area contributed by atoms with Gasteiger partial charge in [0.2, 0.25) is 0 Å². The van der Waals surface area contributed by atoms with Crippen molar-refractivity contribution < 1.29 is 14.3 Å². The Labute approximate surface area is 111 Å². The third kappa shape index (κ3) is 3.12. The number of terminal acetylenes is 1. The molecule has 1 aliphatic rings. The number of urea groups is 1. The number of imide groups is 1. The van der Waals surface area contributed by atoms with Crippen molar-refractivity contribution in [2.24, 2.45) is 0 Å². The molecule has 0 aromatic heterocycles. The van der Waals surface area contributed by atoms with Crippen molar-refractivity contribution >= 4 is 11.9 Å². The molecule has 0 aliphatic carbocycles. The molecule has 0 spiro atoms. The van der Waals surface area contributed by atoms with Gasteiger partial charge in [-0.15, -0.1) is 12.3 Å². The second kappa shape index (κ2) is 6.03. The van der Waals surface area contributed by atoms with Crippen LogP contribution in [0.4, 0.5) is 4.79 Å². The third-order valence-corrected chi connectivity index (χ3v) is 2.76. The van der Waals surface area contributed by atoms with E-state index in [1.54, 1.807) is 0 Å². The average molecular weight is 258 g/mol. The molecule has 1 fully saturated rings. The molecule has 0 bridgehead atoms. The normalized spacial score (nSPS) is 18.3. The predicted octanol–water partition coefficient (Wildman–Crippen LogP) is 1.10. The van der Waals surface area contributed by atoms with Gasteiger partial charge in [0, 0.05) is 6.42 Å². The van der Waals surface area contributed by atoms with Crippen LogP contribution in [0.2, 0.25) is 0 Å². The number of nitrogens with zero attached hydrogens (tertiary/aromatic N) is 1. The second-order valence-electron chi connectivity index (χ2n) is 4.14. The molecule has 1 heterocycles. The van der Waals surface area contributed by atoms with Gasteiger partial charge in [-0.1, -0.05) is 30.3 Å². The van der Waals surface area contributed by atoms with Crippen LogP contribution < -0.4 is 5.32 Å². The Morgan fingerprint density at radius 3 is 2.74 bits per heavy atom. The molecule has 2 rings (SSSR count). The Morgan fingerprint density at radius 2 is 2.05 bits per heavy atom. The number of amides is 3. The van der Waals surface area contributed by atoms with Gasteiger partial charge in [-0.25, -0.2) is 9.69 Å². The van der Waals surface area contributed by atoms with E-state index >= 15 is 0 Å². The SMILES string of the molecule is C#CCC1NC(=O)N(COCc2ccccc2)C1=O. The first-order chi connectivity index (χ1) is 9.22. The molecule has 0 radical (unpaired) electrons. The van der Waals surface area contributed by atoms with Crippen molar-refractivity contribution in [3.05, 3.63) is 35.9 Å². The van der Waals surface area contributed by atoms with E-state index in [1.807, 2.05) is 30.3 Å². The zero-order chi connectivity index (χ0) is 13.7. The maximum Gasteiger partial charge on any atom is 0.326 e. The Hall–Kier alpha value is -2.32. The van der Waals surface area contributed by atoms with Crippen LogP contribution in [0.15, 0.2) is 30.3 Å². The highest BCUT2D eigenvalue weighted by Gasteiger charge is 2.37. The number of rotatable bonds is 5. The Bertz CT molecular complexity index is 507. The highest BCUT2D eigenvalue weighted by Crippen LogP contribution is 2.10. The summed E-state index contributed by atoms with van der Waals surface area (Å²) in [5.74, 6) is 2.02. The quantitative estimate of drug-likeness (QED) is 0.635. The lowest BCUT2D eigenvalue weighted by atomic mass is 10.2. The topological polar surface area (TPSA) is 58.6 Å². The summed E-state index contributed by atoms with van der Waals surface area (Å²) in [4.78, 5) is 24.4. The summed E-state index contributed by atoms with van der Waals surface area (Å²) in [5, 5.41) is 2.52. The average Bonchev–Trinajstić information content (AvgIpc) is 2.68. The molecule has 1 atom stereocenters. The van der Waals surface area contributed by atoms with Crippen LogP contribution >= 0.6 is 0 Å². The van der Waals surface area contributed by atoms with E-state index in [1.165, 1.54) is 0 Å². The van der Waals surface area contributed by atoms with Crippen molar-refractivity contribution in [2.45, 2.75) is 19.1 Å². The van der Waals surface area contributed by atoms with Gasteiger partial charge in [-0.3, -0.25) is 4.79 Å². The van der Waals surface area contributed by atoms with Crippen LogP contribution in [0.1, 0.15) is 12.0 Å². The van der Waals surface area contributed by atoms with E-state index in [-0.39, 0.29) is 19.1 Å². The maximum absolute atomic E-state index is 11.8. The van der Waals surface area contributed by atoms with Gasteiger partial charge < -0.3 is 10.1 Å². The van der Waals surface area contributed by atoms with Crippen LogP contribution in [0.25, 0.3) is 0 Å². The van der Waals surface area contributed by atoms with Crippen molar-refractivity contribution in [2.75, 3.05) is 6.73 Å². The van der Waals surface area contributed by atoms with Crippen molar-refractivity contribution in [3.63, 3.8) is 0 Å². The number of carbonyl (C=O) groups excluding carboxylic acids is 2. The fourth-order valence-electron chi connectivity index (χ4n) is 1.78. The lowest BCUT2D eigenvalue weighted by molar-refractivity contribution is -0.131. The lowest BCUT2D eigenvalue weighted by Gasteiger charge is -2.13. The molecule has 1 aliphatic heterocycles. The molecule has 3 amide bonds. The van der Waals surface area contributed by atoms with E-state index in [4.69, 9.17) is 11.2 Å². The second-order valence-corrected chi connectivity index (χ2v) is 4.14. The van der Waals surface area contributed by atoms with E-state index in [9.17, 15) is 9.59 Å². The fraction of sp³-hybridized carbons (Fsp3) is 0.286. The number of carbonyl (C=O) groups is 2. The van der Waals surface area contributed by atoms with Gasteiger partial charge in [0.05, 0.1) is 6.61 Å². The summed E-state index contributed by atoms with van der Waals surface area (Å²) < 4.78 is 5.36. The number of hydrogen-bond donors (Lipinski definition) is 1. The largest absolute Gasteiger partial charge is 0.356 e. The van der Waals surface area contributed by atoms with Gasteiger partial charge in [-0.05, 0) is 5.56 Å². The van der Waals surface area contributed by atoms with Gasteiger partial charge in [0.1, 0.15) is 12.8 Å². The molecule has 0 saturated carbocycles. The molecule has 19 heavy (non-hydrogen) atoms. The minimum atomic E-state index is -0.627. The number of benzene rings is 1. The summed E-state index contributed by atoms with van der Waals surface area (Å²) in [5.41, 5.74) is 0.981. The van der Waals surface area contributed by atoms with E-state index < -0.39 is 12.1 Å². The van der Waals surface area contributed by atoms with Crippen LogP contribution in [0.5, 0.6) is 0 Å². The van der Waals surface area contributed by atoms with Crippen LogP contribution in [-0.4, -0.2) is 29.6 Å². The molecule has 98 valence electrons. The maximum atomic E-state index is 11.8. The highest BCUT2D eigenvalue weighted by atomic mass is 16.5. The Balaban J connectivity index is 1.85. The summed E-state index contributed by atoms with van der Waals surface area (Å²) in [7, 11) is 0. The molecule has 5 nitrogen and oxygen atoms in total. The first kappa shape index (κ1) is 13.1. The van der Waals surface area contributed by atoms with Crippen molar-refractivity contribution in [3.8, 4) is 12.3 Å². The first-order valence-corrected chi connectivity index (χ1v) is 5.89. The number of hydrogen-bond acceptors (Lipinski definition) is 3. The molecule has 1 aromatic carbocycles. The molecule has 1 unspecified atom stereocenters. The van der Waals surface area contributed by atoms with E-state index in [0.29, 0.717) is 6.61 Å². The van der Waals surface area contributed by atoms with E-state index in [2.05, 4.69) is 11.2 Å². The predicted molar refractivity (Wildman–Crippen MR) is 68.7 cm³/mol. The summed E-state index contributed by atoms with van der Waals surface area (Å²) in [6.45, 7) is 0.276. The molecular weight excluding hydrogens is 244 g/mol. The van der Waals surface area contributed by atoms with Crippen molar-refractivity contribution in [1.82, 2.24) is 10.2 Å². The van der Waals surface area contributed by atoms with Gasteiger partial charge in [-0.2, -0.15) is 0 Å². The molecular formula is C14H14N2O3. The fourth-order valence-corrected chi connectivity index (χ4v) is 1.78. The summed E-state index contributed by atoms with van der Waals surface area (Å²) in [6.07, 6.45) is 5.33. The minimum Gasteiger partial charge on any atom is -0.356 e. The molecule has 1 saturated heterocycles. The van der Waals surface area contributed by atoms with Gasteiger partial charge in [0.15, 0.2) is 0 Å². The summed E-state index contributed by atoms with van der Waals surface area (Å²) >= 11 is 0. The van der Waals surface area contributed by atoms with E-state index in [0.717, 1.165) is 10.5 Å². The first-order valence-electron chi connectivity index (χ1n) is 5.89. The molecule has 5 heteroatoms. The molecule has 1 aromatic rings. The Kier molecular flexibility index (Phi) is 4.16. The number of nitrogens with one attached hydrogen (secondary N) is 1. The lowest BCUT2D eigenvalue weighted by Crippen LogP contribution is -2.33. The zero-order valence-corrected chi connectivity index (χ0v) is 10.3. The number of ether oxygens (including phenoxy) is 1. The highest BCUT2D eigenvalue weighted by molar-refractivity contribution is 6.04. The van der Waals surface area contributed by atoms with Gasteiger partial charge in [0.25, 0.3) is 5.91 Å². The summed E-state index contributed by atoms with van der Waals surface area (Å²) in [6, 6.07) is 8.44. The van der Waals surface area contributed by atoms with Gasteiger partial charge >= 0.3 is 6.03 Å². The zero-order valence-electron chi connectivity index (χ0n) is 10.3. The third-order valence-electron chi connectivity index (χ3n) is 2.76. The monoisotopic (exact) mass is 258 g/mol. The minimum absolute atomic E-state index is 0.0688. The van der Waals surface area contributed by atoms with Crippen LogP contribution in [0.3, 0.4) is 0 Å². The Morgan fingerprint density at radius 1 is 1.32 bits per heavy atom. The van der Waals surface area contributed by atoms with Crippen molar-refractivity contribution in [1.29, 1.82) is 0 Å². The molecule has 1 N–H and O–H groups in total. The van der Waals surface area contributed by atoms with Crippen LogP contribution in [0, 0.1) is 12.3 Å². The smallest absolute Gasteiger partial charge is 0.326 e.